The summed E-state index contributed by atoms with van der Waals surface area (Å²) in [6.45, 7) is 0. The Morgan fingerprint density at radius 2 is 1.94 bits per heavy atom. The van der Waals surface area contributed by atoms with E-state index in [1.54, 1.807) is 0 Å². The Morgan fingerprint density at radius 1 is 1.35 bits per heavy atom. The molecule has 0 spiro atoms. The molecule has 0 aliphatic heterocycles. The molecule has 0 saturated carbocycles. The molecule has 0 bridgehead atoms. The monoisotopic (exact) mass is 239 g/mol. The second-order valence-electron chi connectivity index (χ2n) is 3.59. The van der Waals surface area contributed by atoms with E-state index < -0.39 is 17.8 Å². The van der Waals surface area contributed by atoms with Gasteiger partial charge < -0.3 is 10.5 Å². The first-order chi connectivity index (χ1) is 8.04. The smallest absolute Gasteiger partial charge is 0.305 e. The molecule has 0 aliphatic carbocycles. The van der Waals surface area contributed by atoms with Crippen molar-refractivity contribution < 1.29 is 18.7 Å². The Morgan fingerprint density at radius 3 is 2.47 bits per heavy atom. The number of nitrogens with two attached hydrogens (primary N) is 1. The van der Waals surface area contributed by atoms with E-state index in [2.05, 4.69) is 4.74 Å². The molecular weight excluding hydrogens is 225 g/mol. The van der Waals surface area contributed by atoms with Crippen LogP contribution in [0.1, 0.15) is 23.2 Å². The zero-order valence-electron chi connectivity index (χ0n) is 9.48. The van der Waals surface area contributed by atoms with Gasteiger partial charge in [0.25, 0.3) is 0 Å². The summed E-state index contributed by atoms with van der Waals surface area (Å²) in [6, 6.07) is 4.35. The van der Waals surface area contributed by atoms with Crippen LogP contribution in [0.5, 0.6) is 0 Å². The summed E-state index contributed by atoms with van der Waals surface area (Å²) >= 11 is 0. The van der Waals surface area contributed by atoms with Gasteiger partial charge in [-0.15, -0.1) is 0 Å². The van der Waals surface area contributed by atoms with Crippen molar-refractivity contribution in [3.05, 3.63) is 35.6 Å². The number of esters is 1. The lowest BCUT2D eigenvalue weighted by atomic mass is 10.0. The third-order valence-corrected chi connectivity index (χ3v) is 2.35. The number of carbonyl (C=O) groups is 2. The lowest BCUT2D eigenvalue weighted by Crippen LogP contribution is -2.31. The summed E-state index contributed by atoms with van der Waals surface area (Å²) in [4.78, 5) is 22.6. The van der Waals surface area contributed by atoms with Gasteiger partial charge in [-0.25, -0.2) is 4.39 Å². The predicted octanol–water partition coefficient (Wildman–Crippen LogP) is 1.29. The number of methoxy groups -OCH3 is 1. The number of Topliss-reactive ketones (excluding diaryl/α,β-unsaturated/α-hetero) is 1. The summed E-state index contributed by atoms with van der Waals surface area (Å²) in [5.74, 6) is -1.13. The van der Waals surface area contributed by atoms with Crippen molar-refractivity contribution in [1.82, 2.24) is 0 Å². The summed E-state index contributed by atoms with van der Waals surface area (Å²) < 4.78 is 17.1. The van der Waals surface area contributed by atoms with Crippen molar-refractivity contribution in [1.29, 1.82) is 0 Å². The molecule has 1 aromatic rings. The second-order valence-corrected chi connectivity index (χ2v) is 3.59. The van der Waals surface area contributed by atoms with Crippen LogP contribution in [0, 0.1) is 5.82 Å². The minimum atomic E-state index is -0.778. The topological polar surface area (TPSA) is 69.4 Å². The maximum Gasteiger partial charge on any atom is 0.305 e. The van der Waals surface area contributed by atoms with E-state index in [1.165, 1.54) is 31.4 Å². The average molecular weight is 239 g/mol. The number of halogens is 1. The van der Waals surface area contributed by atoms with Gasteiger partial charge in [-0.05, 0) is 30.7 Å². The highest BCUT2D eigenvalue weighted by molar-refractivity contribution is 6.00. The summed E-state index contributed by atoms with van der Waals surface area (Å²) in [5, 5.41) is 0. The molecule has 1 aromatic carbocycles. The highest BCUT2D eigenvalue weighted by Crippen LogP contribution is 2.08. The lowest BCUT2D eigenvalue weighted by molar-refractivity contribution is -0.140. The Hall–Kier alpha value is -1.75. The summed E-state index contributed by atoms with van der Waals surface area (Å²) in [7, 11) is 1.27. The largest absolute Gasteiger partial charge is 0.469 e. The van der Waals surface area contributed by atoms with Crippen molar-refractivity contribution in [2.24, 2.45) is 5.73 Å². The van der Waals surface area contributed by atoms with Gasteiger partial charge >= 0.3 is 5.97 Å². The van der Waals surface area contributed by atoms with Crippen molar-refractivity contribution in [3.8, 4) is 0 Å². The minimum Gasteiger partial charge on any atom is -0.469 e. The van der Waals surface area contributed by atoms with Crippen LogP contribution in [-0.4, -0.2) is 24.9 Å². The van der Waals surface area contributed by atoms with Gasteiger partial charge in [-0.1, -0.05) is 0 Å². The fourth-order valence-electron chi connectivity index (χ4n) is 1.33. The molecular formula is C12H14FNO3. The zero-order valence-corrected chi connectivity index (χ0v) is 9.48. The highest BCUT2D eigenvalue weighted by Gasteiger charge is 2.17. The van der Waals surface area contributed by atoms with Crippen LogP contribution in [0.2, 0.25) is 0 Å². The Balaban J connectivity index is 2.57. The second kappa shape index (κ2) is 6.10. The molecule has 4 nitrogen and oxygen atoms in total. The molecule has 2 N–H and O–H groups in total. The van der Waals surface area contributed by atoms with Gasteiger partial charge in [0.2, 0.25) is 0 Å². The van der Waals surface area contributed by atoms with Gasteiger partial charge in [0.1, 0.15) is 5.82 Å². The number of benzene rings is 1. The lowest BCUT2D eigenvalue weighted by Gasteiger charge is -2.09. The van der Waals surface area contributed by atoms with Gasteiger partial charge in [0.15, 0.2) is 5.78 Å². The maximum atomic E-state index is 12.6. The zero-order chi connectivity index (χ0) is 12.8. The minimum absolute atomic E-state index is 0.0879. The number of ketones is 1. The van der Waals surface area contributed by atoms with E-state index in [-0.39, 0.29) is 18.6 Å². The van der Waals surface area contributed by atoms with E-state index in [9.17, 15) is 14.0 Å². The van der Waals surface area contributed by atoms with E-state index in [4.69, 9.17) is 5.73 Å². The first-order valence-corrected chi connectivity index (χ1v) is 5.16. The molecule has 5 heteroatoms. The number of ether oxygens (including phenoxy) is 1. The van der Waals surface area contributed by atoms with Gasteiger partial charge in [-0.2, -0.15) is 0 Å². The molecule has 0 fully saturated rings. The van der Waals surface area contributed by atoms with Crippen LogP contribution < -0.4 is 5.73 Å². The van der Waals surface area contributed by atoms with Crippen LogP contribution in [0.3, 0.4) is 0 Å². The van der Waals surface area contributed by atoms with Gasteiger partial charge in [0.05, 0.1) is 13.2 Å². The first-order valence-electron chi connectivity index (χ1n) is 5.16. The van der Waals surface area contributed by atoms with Crippen LogP contribution in [0.15, 0.2) is 24.3 Å². The SMILES string of the molecule is COC(=O)CCC(N)C(=O)c1ccc(F)cc1. The molecule has 1 unspecified atom stereocenters. The Kier molecular flexibility index (Phi) is 4.78. The van der Waals surface area contributed by atoms with Gasteiger partial charge in [0, 0.05) is 12.0 Å². The summed E-state index contributed by atoms with van der Waals surface area (Å²) in [6.07, 6.45) is 0.299. The number of hydrogen-bond donors (Lipinski definition) is 1. The molecule has 1 atom stereocenters. The molecule has 17 heavy (non-hydrogen) atoms. The number of carbonyl (C=O) groups excluding carboxylic acids is 2. The third-order valence-electron chi connectivity index (χ3n) is 2.35. The normalized spacial score (nSPS) is 11.9. The van der Waals surface area contributed by atoms with Crippen molar-refractivity contribution >= 4 is 11.8 Å². The predicted molar refractivity (Wildman–Crippen MR) is 60.0 cm³/mol. The molecule has 92 valence electrons. The third kappa shape index (κ3) is 3.96. The van der Waals surface area contributed by atoms with Crippen LogP contribution in [0.25, 0.3) is 0 Å². The quantitative estimate of drug-likeness (QED) is 0.621. The van der Waals surface area contributed by atoms with Crippen molar-refractivity contribution in [2.45, 2.75) is 18.9 Å². The van der Waals surface area contributed by atoms with Gasteiger partial charge in [-0.3, -0.25) is 9.59 Å². The Bertz CT molecular complexity index is 403. The van der Waals surface area contributed by atoms with Crippen molar-refractivity contribution in [2.75, 3.05) is 7.11 Å². The van der Waals surface area contributed by atoms with Crippen LogP contribution in [-0.2, 0) is 9.53 Å². The van der Waals surface area contributed by atoms with Crippen molar-refractivity contribution in [3.63, 3.8) is 0 Å². The molecule has 1 rings (SSSR count). The fraction of sp³-hybridized carbons (Fsp3) is 0.333. The molecule has 0 aromatic heterocycles. The number of rotatable bonds is 5. The van der Waals surface area contributed by atoms with E-state index in [1.807, 2.05) is 0 Å². The molecule has 0 saturated heterocycles. The first kappa shape index (κ1) is 13.3. The van der Waals surface area contributed by atoms with E-state index in [0.29, 0.717) is 5.56 Å². The van der Waals surface area contributed by atoms with E-state index in [0.717, 1.165) is 0 Å². The van der Waals surface area contributed by atoms with E-state index >= 15 is 0 Å². The van der Waals surface area contributed by atoms with Crippen LogP contribution >= 0.6 is 0 Å². The molecule has 0 amide bonds. The fourth-order valence-corrected chi connectivity index (χ4v) is 1.33. The Labute approximate surface area is 98.6 Å². The molecule has 0 heterocycles. The number of hydrogen-bond acceptors (Lipinski definition) is 4. The average Bonchev–Trinajstić information content (AvgIpc) is 2.35. The molecule has 0 aliphatic rings. The maximum absolute atomic E-state index is 12.6. The molecule has 0 radical (unpaired) electrons. The standard InChI is InChI=1S/C12H14FNO3/c1-17-11(15)7-6-10(14)12(16)8-2-4-9(13)5-3-8/h2-5,10H,6-7,14H2,1H3. The summed E-state index contributed by atoms with van der Waals surface area (Å²) in [5.41, 5.74) is 5.98. The highest BCUT2D eigenvalue weighted by atomic mass is 19.1. The van der Waals surface area contributed by atoms with Crippen LogP contribution in [0.4, 0.5) is 4.39 Å².